The molecule has 0 unspecified atom stereocenters. The highest BCUT2D eigenvalue weighted by molar-refractivity contribution is 5.80. The van der Waals surface area contributed by atoms with Gasteiger partial charge in [-0.3, -0.25) is 14.7 Å². The first kappa shape index (κ1) is 22.1. The summed E-state index contributed by atoms with van der Waals surface area (Å²) >= 11 is 0. The van der Waals surface area contributed by atoms with Crippen LogP contribution in [0.25, 0.3) is 0 Å². The van der Waals surface area contributed by atoms with E-state index in [0.717, 1.165) is 77.3 Å². The van der Waals surface area contributed by atoms with Crippen LogP contribution >= 0.6 is 0 Å². The van der Waals surface area contributed by atoms with E-state index < -0.39 is 0 Å². The predicted octanol–water partition coefficient (Wildman–Crippen LogP) is 0.604. The predicted molar refractivity (Wildman–Crippen MR) is 111 cm³/mol. The third-order valence-electron chi connectivity index (χ3n) is 4.77. The first-order valence-corrected chi connectivity index (χ1v) is 10.6. The van der Waals surface area contributed by atoms with Crippen molar-refractivity contribution in [3.05, 3.63) is 12.7 Å². The van der Waals surface area contributed by atoms with E-state index in [1.165, 1.54) is 0 Å². The van der Waals surface area contributed by atoms with E-state index in [9.17, 15) is 4.79 Å². The van der Waals surface area contributed by atoms with Crippen LogP contribution < -0.4 is 16.0 Å². The van der Waals surface area contributed by atoms with E-state index in [2.05, 4.69) is 44.9 Å². The van der Waals surface area contributed by atoms with Gasteiger partial charge in [0.05, 0.1) is 6.54 Å². The van der Waals surface area contributed by atoms with Crippen LogP contribution in [0.2, 0.25) is 0 Å². The topological polar surface area (TPSA) is 99.5 Å². The van der Waals surface area contributed by atoms with Gasteiger partial charge in [-0.2, -0.15) is 0 Å². The van der Waals surface area contributed by atoms with Crippen molar-refractivity contribution in [2.24, 2.45) is 4.99 Å². The van der Waals surface area contributed by atoms with Gasteiger partial charge in [-0.1, -0.05) is 6.92 Å². The summed E-state index contributed by atoms with van der Waals surface area (Å²) in [4.78, 5) is 18.8. The molecular formula is C19H36N8O. The van der Waals surface area contributed by atoms with Crippen LogP contribution in [0, 0.1) is 0 Å². The maximum atomic E-state index is 11.9. The molecule has 0 aromatic carbocycles. The van der Waals surface area contributed by atoms with E-state index in [0.29, 0.717) is 12.6 Å². The summed E-state index contributed by atoms with van der Waals surface area (Å²) in [7, 11) is 0. The Labute approximate surface area is 168 Å². The quantitative estimate of drug-likeness (QED) is 0.290. The van der Waals surface area contributed by atoms with Crippen LogP contribution in [0.1, 0.15) is 46.0 Å². The number of amides is 1. The Balaban J connectivity index is 1.65. The van der Waals surface area contributed by atoms with Gasteiger partial charge in [0.2, 0.25) is 5.91 Å². The second kappa shape index (κ2) is 13.1. The molecular weight excluding hydrogens is 356 g/mol. The maximum absolute atomic E-state index is 11.9. The fourth-order valence-corrected chi connectivity index (χ4v) is 3.21. The number of hydrogen-bond acceptors (Lipinski definition) is 5. The highest BCUT2D eigenvalue weighted by Crippen LogP contribution is 2.10. The van der Waals surface area contributed by atoms with Gasteiger partial charge in [0.1, 0.15) is 12.7 Å². The monoisotopic (exact) mass is 392 g/mol. The molecule has 0 aliphatic carbocycles. The van der Waals surface area contributed by atoms with Crippen LogP contribution in [0.4, 0.5) is 0 Å². The highest BCUT2D eigenvalue weighted by Gasteiger charge is 2.21. The average Bonchev–Trinajstić information content (AvgIpc) is 3.21. The Hall–Kier alpha value is -2.16. The van der Waals surface area contributed by atoms with Gasteiger partial charge in [0.15, 0.2) is 5.96 Å². The number of likely N-dealkylation sites (tertiary alicyclic amines) is 1. The van der Waals surface area contributed by atoms with Crippen LogP contribution in [0.5, 0.6) is 0 Å². The van der Waals surface area contributed by atoms with E-state index in [4.69, 9.17) is 4.99 Å². The Kier molecular flexibility index (Phi) is 10.3. The normalized spacial score (nSPS) is 16.1. The molecule has 9 nitrogen and oxygen atoms in total. The molecule has 1 amide bonds. The number of aryl methyl sites for hydroxylation is 1. The lowest BCUT2D eigenvalue weighted by atomic mass is 10.1. The largest absolute Gasteiger partial charge is 0.357 e. The Morgan fingerprint density at radius 3 is 2.57 bits per heavy atom. The van der Waals surface area contributed by atoms with Gasteiger partial charge >= 0.3 is 0 Å². The Morgan fingerprint density at radius 1 is 1.14 bits per heavy atom. The first-order chi connectivity index (χ1) is 13.7. The molecule has 2 rings (SSSR count). The Morgan fingerprint density at radius 2 is 1.89 bits per heavy atom. The molecule has 1 fully saturated rings. The van der Waals surface area contributed by atoms with Crippen molar-refractivity contribution in [2.45, 2.75) is 58.5 Å². The SMILES string of the molecule is CCCNC(=O)CN1CCC(NC(=NCCCCn2cnnc2)NCC)CC1. The number of aliphatic imine (C=N–C) groups is 1. The summed E-state index contributed by atoms with van der Waals surface area (Å²) in [5.41, 5.74) is 0. The van der Waals surface area contributed by atoms with Gasteiger partial charge < -0.3 is 20.5 Å². The molecule has 0 radical (unpaired) electrons. The number of carbonyl (C=O) groups excluding carboxylic acids is 1. The zero-order valence-corrected chi connectivity index (χ0v) is 17.4. The molecule has 0 saturated carbocycles. The van der Waals surface area contributed by atoms with E-state index in [1.54, 1.807) is 12.7 Å². The number of aromatic nitrogens is 3. The molecule has 2 heterocycles. The van der Waals surface area contributed by atoms with Crippen molar-refractivity contribution in [1.29, 1.82) is 0 Å². The molecule has 0 bridgehead atoms. The molecule has 1 aromatic rings. The molecule has 9 heteroatoms. The summed E-state index contributed by atoms with van der Waals surface area (Å²) in [6.45, 7) is 9.88. The van der Waals surface area contributed by atoms with Crippen LogP contribution in [-0.4, -0.2) is 76.8 Å². The maximum Gasteiger partial charge on any atom is 0.234 e. The van der Waals surface area contributed by atoms with Gasteiger partial charge in [-0.25, -0.2) is 0 Å². The summed E-state index contributed by atoms with van der Waals surface area (Å²) < 4.78 is 1.99. The van der Waals surface area contributed by atoms with Crippen molar-refractivity contribution in [3.8, 4) is 0 Å². The third-order valence-corrected chi connectivity index (χ3v) is 4.77. The Bertz CT molecular complexity index is 566. The lowest BCUT2D eigenvalue weighted by Crippen LogP contribution is -2.50. The van der Waals surface area contributed by atoms with E-state index in [1.807, 2.05) is 4.57 Å². The summed E-state index contributed by atoms with van der Waals surface area (Å²) in [5.74, 6) is 1.03. The van der Waals surface area contributed by atoms with Crippen molar-refractivity contribution in [3.63, 3.8) is 0 Å². The number of hydrogen-bond donors (Lipinski definition) is 3. The minimum absolute atomic E-state index is 0.134. The number of nitrogens with zero attached hydrogens (tertiary/aromatic N) is 5. The summed E-state index contributed by atoms with van der Waals surface area (Å²) in [6, 6.07) is 0.407. The zero-order valence-electron chi connectivity index (χ0n) is 17.4. The number of unbranched alkanes of at least 4 members (excludes halogenated alkanes) is 1. The lowest BCUT2D eigenvalue weighted by molar-refractivity contribution is -0.122. The molecule has 28 heavy (non-hydrogen) atoms. The number of rotatable bonds is 11. The van der Waals surface area contributed by atoms with Crippen LogP contribution in [-0.2, 0) is 11.3 Å². The zero-order chi connectivity index (χ0) is 20.0. The van der Waals surface area contributed by atoms with Crippen molar-refractivity contribution >= 4 is 11.9 Å². The standard InChI is InChI=1S/C19H36N8O/c1-3-9-21-18(28)14-26-12-7-17(8-13-26)25-19(20-4-2)22-10-5-6-11-27-15-23-24-16-27/h15-17H,3-14H2,1-2H3,(H,21,28)(H2,20,22,25). The number of nitrogens with one attached hydrogen (secondary N) is 3. The molecule has 158 valence electrons. The second-order valence-corrected chi connectivity index (χ2v) is 7.21. The van der Waals surface area contributed by atoms with Crippen molar-refractivity contribution in [1.82, 2.24) is 35.6 Å². The average molecular weight is 393 g/mol. The molecule has 0 atom stereocenters. The molecule has 1 saturated heterocycles. The van der Waals surface area contributed by atoms with Gasteiger partial charge in [-0.05, 0) is 39.0 Å². The van der Waals surface area contributed by atoms with Gasteiger partial charge in [-0.15, -0.1) is 10.2 Å². The minimum atomic E-state index is 0.134. The highest BCUT2D eigenvalue weighted by atomic mass is 16.2. The van der Waals surface area contributed by atoms with Crippen LogP contribution in [0.15, 0.2) is 17.6 Å². The first-order valence-electron chi connectivity index (χ1n) is 10.6. The van der Waals surface area contributed by atoms with Crippen LogP contribution in [0.3, 0.4) is 0 Å². The molecule has 0 spiro atoms. The van der Waals surface area contributed by atoms with Crippen molar-refractivity contribution in [2.75, 3.05) is 39.3 Å². The molecule has 3 N–H and O–H groups in total. The number of piperidine rings is 1. The van der Waals surface area contributed by atoms with Gasteiger partial charge in [0.25, 0.3) is 0 Å². The third kappa shape index (κ3) is 8.69. The van der Waals surface area contributed by atoms with Gasteiger partial charge in [0, 0.05) is 45.3 Å². The summed E-state index contributed by atoms with van der Waals surface area (Å²) in [5, 5.41) is 17.5. The van der Waals surface area contributed by atoms with E-state index in [-0.39, 0.29) is 5.91 Å². The fraction of sp³-hybridized carbons (Fsp3) is 0.789. The fourth-order valence-electron chi connectivity index (χ4n) is 3.21. The van der Waals surface area contributed by atoms with Crippen molar-refractivity contribution < 1.29 is 4.79 Å². The second-order valence-electron chi connectivity index (χ2n) is 7.21. The number of carbonyl (C=O) groups is 1. The van der Waals surface area contributed by atoms with E-state index >= 15 is 0 Å². The summed E-state index contributed by atoms with van der Waals surface area (Å²) in [6.07, 6.45) is 8.60. The molecule has 1 aliphatic rings. The smallest absolute Gasteiger partial charge is 0.234 e. The lowest BCUT2D eigenvalue weighted by Gasteiger charge is -2.32. The molecule has 1 aliphatic heterocycles. The number of guanidine groups is 1. The molecule has 1 aromatic heterocycles. The minimum Gasteiger partial charge on any atom is -0.357 e.